The fourth-order valence-corrected chi connectivity index (χ4v) is 4.53. The lowest BCUT2D eigenvalue weighted by Crippen LogP contribution is -2.40. The summed E-state index contributed by atoms with van der Waals surface area (Å²) < 4.78 is 5.96. The average molecular weight is 308 g/mol. The Bertz CT molecular complexity index is 708. The Balaban J connectivity index is 1.83. The number of ether oxygens (including phenoxy) is 1. The molecule has 3 fully saturated rings. The van der Waals surface area contributed by atoms with Crippen LogP contribution in [0.5, 0.6) is 0 Å². The molecule has 5 rings (SSSR count). The highest BCUT2D eigenvalue weighted by Crippen LogP contribution is 2.43. The maximum absolute atomic E-state index is 5.96. The summed E-state index contributed by atoms with van der Waals surface area (Å²) in [6.45, 7) is 6.31. The van der Waals surface area contributed by atoms with Gasteiger partial charge < -0.3 is 4.74 Å². The van der Waals surface area contributed by atoms with Gasteiger partial charge in [-0.3, -0.25) is 9.88 Å². The van der Waals surface area contributed by atoms with Crippen molar-refractivity contribution in [3.8, 4) is 0 Å². The van der Waals surface area contributed by atoms with Gasteiger partial charge in [0.25, 0.3) is 0 Å². The van der Waals surface area contributed by atoms with Crippen molar-refractivity contribution in [2.45, 2.75) is 25.0 Å². The summed E-state index contributed by atoms with van der Waals surface area (Å²) in [4.78, 5) is 7.13. The van der Waals surface area contributed by atoms with E-state index in [9.17, 15) is 0 Å². The molecule has 3 saturated heterocycles. The zero-order valence-electron chi connectivity index (χ0n) is 13.7. The quantitative estimate of drug-likeness (QED) is 0.806. The van der Waals surface area contributed by atoms with Crippen LogP contribution in [0, 0.1) is 11.8 Å². The first-order valence-corrected chi connectivity index (χ1v) is 8.55. The van der Waals surface area contributed by atoms with Gasteiger partial charge in [-0.1, -0.05) is 24.3 Å². The average Bonchev–Trinajstić information content (AvgIpc) is 2.88. The number of nitrogens with zero attached hydrogens (tertiary/aromatic N) is 2. The Morgan fingerprint density at radius 1 is 1.30 bits per heavy atom. The third-order valence-corrected chi connectivity index (χ3v) is 5.73. The molecule has 0 spiro atoms. The lowest BCUT2D eigenvalue weighted by atomic mass is 9.84. The van der Waals surface area contributed by atoms with Crippen LogP contribution in [0.3, 0.4) is 0 Å². The first-order valence-electron chi connectivity index (χ1n) is 8.55. The molecule has 1 aromatic carbocycles. The number of benzene rings is 1. The van der Waals surface area contributed by atoms with Crippen molar-refractivity contribution in [2.24, 2.45) is 11.8 Å². The molecule has 23 heavy (non-hydrogen) atoms. The minimum atomic E-state index is 0.234. The SMILES string of the molecule is C=C[C@H]1CN2CC[C@H]1C[C@@H](OC)[C@@H]2c1ccnc2ccccc12. The number of hydrogen-bond acceptors (Lipinski definition) is 3. The third kappa shape index (κ3) is 2.48. The molecule has 0 amide bonds. The van der Waals surface area contributed by atoms with Gasteiger partial charge in [0, 0.05) is 25.2 Å². The molecule has 3 heteroatoms. The number of aromatic nitrogens is 1. The first-order chi connectivity index (χ1) is 11.3. The van der Waals surface area contributed by atoms with Gasteiger partial charge in [0.1, 0.15) is 0 Å². The minimum Gasteiger partial charge on any atom is -0.379 e. The molecule has 0 saturated carbocycles. The van der Waals surface area contributed by atoms with Crippen LogP contribution in [0.15, 0.2) is 49.2 Å². The van der Waals surface area contributed by atoms with Gasteiger partial charge >= 0.3 is 0 Å². The van der Waals surface area contributed by atoms with Crippen molar-refractivity contribution in [3.63, 3.8) is 0 Å². The maximum atomic E-state index is 5.96. The number of fused-ring (bicyclic) bond motifs is 5. The van der Waals surface area contributed by atoms with Crippen LogP contribution in [-0.2, 0) is 4.74 Å². The van der Waals surface area contributed by atoms with E-state index in [0.29, 0.717) is 17.9 Å². The van der Waals surface area contributed by atoms with Crippen LogP contribution in [-0.4, -0.2) is 36.2 Å². The summed E-state index contributed by atoms with van der Waals surface area (Å²) in [5, 5.41) is 1.25. The molecule has 0 N–H and O–H groups in total. The van der Waals surface area contributed by atoms with Crippen LogP contribution >= 0.6 is 0 Å². The molecule has 1 aromatic heterocycles. The second-order valence-corrected chi connectivity index (χ2v) is 6.82. The Labute approximate surface area is 138 Å². The molecule has 3 nitrogen and oxygen atoms in total. The van der Waals surface area contributed by atoms with Crippen molar-refractivity contribution >= 4 is 10.9 Å². The van der Waals surface area contributed by atoms with Gasteiger partial charge in [0.2, 0.25) is 0 Å². The van der Waals surface area contributed by atoms with Gasteiger partial charge in [-0.25, -0.2) is 0 Å². The number of rotatable bonds is 3. The summed E-state index contributed by atoms with van der Waals surface area (Å²) >= 11 is 0. The molecule has 0 radical (unpaired) electrons. The second kappa shape index (κ2) is 6.06. The topological polar surface area (TPSA) is 25.4 Å². The van der Waals surface area contributed by atoms with Crippen LogP contribution in [0.1, 0.15) is 24.4 Å². The van der Waals surface area contributed by atoms with E-state index in [-0.39, 0.29) is 6.10 Å². The molecular formula is C20H24N2O. The zero-order valence-corrected chi connectivity index (χ0v) is 13.7. The lowest BCUT2D eigenvalue weighted by molar-refractivity contribution is 0.0263. The largest absolute Gasteiger partial charge is 0.379 e. The summed E-state index contributed by atoms with van der Waals surface area (Å²) in [5.41, 5.74) is 2.42. The molecule has 3 aliphatic rings. The normalized spacial score (nSPS) is 33.5. The molecule has 0 aliphatic carbocycles. The van der Waals surface area contributed by atoms with Gasteiger partial charge in [0.05, 0.1) is 17.7 Å². The molecule has 3 aliphatic heterocycles. The molecule has 120 valence electrons. The number of para-hydroxylation sites is 1. The Morgan fingerprint density at radius 2 is 2.17 bits per heavy atom. The standard InChI is InChI=1S/C20H24N2O/c1-3-14-13-22-11-9-15(14)12-19(23-2)20(22)17-8-10-21-18-7-5-4-6-16(17)18/h3-8,10,14-15,19-20H,1,9,11-13H2,2H3/t14-,15-,19+,20-/m0/s1. The smallest absolute Gasteiger partial charge is 0.0771 e. The van der Waals surface area contributed by atoms with Gasteiger partial charge in [-0.2, -0.15) is 0 Å². The van der Waals surface area contributed by atoms with E-state index in [0.717, 1.165) is 25.0 Å². The van der Waals surface area contributed by atoms with Crippen LogP contribution < -0.4 is 0 Å². The molecular weight excluding hydrogens is 284 g/mol. The third-order valence-electron chi connectivity index (χ3n) is 5.73. The number of hydrogen-bond donors (Lipinski definition) is 0. The first kappa shape index (κ1) is 14.9. The van der Waals surface area contributed by atoms with Crippen LogP contribution in [0.4, 0.5) is 0 Å². The number of pyridine rings is 1. The lowest BCUT2D eigenvalue weighted by Gasteiger charge is -2.37. The predicted molar refractivity (Wildman–Crippen MR) is 93.3 cm³/mol. The molecule has 1 unspecified atom stereocenters. The summed E-state index contributed by atoms with van der Waals surface area (Å²) in [5.74, 6) is 1.28. The molecule has 2 aromatic rings. The Kier molecular flexibility index (Phi) is 3.92. The monoisotopic (exact) mass is 308 g/mol. The number of methoxy groups -OCH3 is 1. The van der Waals surface area contributed by atoms with Crippen molar-refractivity contribution in [1.29, 1.82) is 0 Å². The maximum Gasteiger partial charge on any atom is 0.0771 e. The van der Waals surface area contributed by atoms with E-state index >= 15 is 0 Å². The highest BCUT2D eigenvalue weighted by atomic mass is 16.5. The van der Waals surface area contributed by atoms with E-state index in [2.05, 4.69) is 52.9 Å². The van der Waals surface area contributed by atoms with Crippen molar-refractivity contribution in [3.05, 3.63) is 54.7 Å². The Hall–Kier alpha value is -1.71. The summed E-state index contributed by atoms with van der Waals surface area (Å²) in [7, 11) is 1.86. The highest BCUT2D eigenvalue weighted by molar-refractivity contribution is 5.82. The predicted octanol–water partition coefficient (Wildman–Crippen LogP) is 3.82. The summed E-state index contributed by atoms with van der Waals surface area (Å²) in [6.07, 6.45) is 6.68. The summed E-state index contributed by atoms with van der Waals surface area (Å²) in [6, 6.07) is 10.9. The number of piperidine rings is 1. The molecule has 4 heterocycles. The molecule has 5 atom stereocenters. The van der Waals surface area contributed by atoms with Crippen LogP contribution in [0.25, 0.3) is 10.9 Å². The second-order valence-electron chi connectivity index (χ2n) is 6.82. The van der Waals surface area contributed by atoms with Crippen molar-refractivity contribution < 1.29 is 4.74 Å². The van der Waals surface area contributed by atoms with Gasteiger partial charge in [-0.15, -0.1) is 6.58 Å². The van der Waals surface area contributed by atoms with Crippen molar-refractivity contribution in [2.75, 3.05) is 20.2 Å². The fourth-order valence-electron chi connectivity index (χ4n) is 4.53. The van der Waals surface area contributed by atoms with Crippen molar-refractivity contribution in [1.82, 2.24) is 9.88 Å². The van der Waals surface area contributed by atoms with E-state index in [4.69, 9.17) is 4.74 Å². The van der Waals surface area contributed by atoms with E-state index in [1.807, 2.05) is 13.3 Å². The van der Waals surface area contributed by atoms with Crippen LogP contribution in [0.2, 0.25) is 0 Å². The van der Waals surface area contributed by atoms with E-state index < -0.39 is 0 Å². The molecule has 2 bridgehead atoms. The van der Waals surface area contributed by atoms with E-state index in [1.54, 1.807) is 0 Å². The fraction of sp³-hybridized carbons (Fsp3) is 0.450. The van der Waals surface area contributed by atoms with E-state index in [1.165, 1.54) is 17.4 Å². The minimum absolute atomic E-state index is 0.234. The van der Waals surface area contributed by atoms with Gasteiger partial charge in [-0.05, 0) is 48.9 Å². The van der Waals surface area contributed by atoms with Gasteiger partial charge in [0.15, 0.2) is 0 Å². The zero-order chi connectivity index (χ0) is 15.8. The highest BCUT2D eigenvalue weighted by Gasteiger charge is 2.42. The Morgan fingerprint density at radius 3 is 3.00 bits per heavy atom.